The van der Waals surface area contributed by atoms with Crippen molar-refractivity contribution >= 4 is 23.2 Å². The van der Waals surface area contributed by atoms with E-state index in [4.69, 9.17) is 11.6 Å². The summed E-state index contributed by atoms with van der Waals surface area (Å²) in [5.41, 5.74) is 2.14. The second-order valence-electron chi connectivity index (χ2n) is 5.64. The number of halogens is 2. The lowest BCUT2D eigenvalue weighted by Gasteiger charge is -2.07. The van der Waals surface area contributed by atoms with Crippen LogP contribution < -0.4 is 5.32 Å². The standard InChI is InChI=1S/C18H12ClFN6O/c19-12-3-1-2-11(6-12)15-8-16(25-24-15)18(27)23-13-4-5-17(14(20)7-13)26-10-21-9-22-26/h1-10H,(H,23,27)(H,24,25). The first kappa shape index (κ1) is 16.9. The fourth-order valence-electron chi connectivity index (χ4n) is 2.54. The van der Waals surface area contributed by atoms with Crippen LogP contribution in [0.15, 0.2) is 61.2 Å². The molecule has 0 aliphatic carbocycles. The zero-order valence-corrected chi connectivity index (χ0v) is 14.5. The number of carbonyl (C=O) groups is 1. The molecule has 0 unspecified atom stereocenters. The summed E-state index contributed by atoms with van der Waals surface area (Å²) in [7, 11) is 0. The third-order valence-electron chi connectivity index (χ3n) is 3.81. The van der Waals surface area contributed by atoms with E-state index in [9.17, 15) is 9.18 Å². The minimum atomic E-state index is -0.539. The van der Waals surface area contributed by atoms with Crippen LogP contribution in [0.25, 0.3) is 16.9 Å². The van der Waals surface area contributed by atoms with Crippen molar-refractivity contribution in [3.05, 3.63) is 77.7 Å². The van der Waals surface area contributed by atoms with E-state index in [1.165, 1.54) is 29.5 Å². The van der Waals surface area contributed by atoms with Crippen LogP contribution >= 0.6 is 11.6 Å². The zero-order chi connectivity index (χ0) is 18.8. The number of rotatable bonds is 4. The molecule has 0 saturated heterocycles. The normalized spacial score (nSPS) is 10.7. The Bertz CT molecular complexity index is 1110. The highest BCUT2D eigenvalue weighted by molar-refractivity contribution is 6.30. The Morgan fingerprint density at radius 3 is 2.81 bits per heavy atom. The Balaban J connectivity index is 1.52. The van der Waals surface area contributed by atoms with Gasteiger partial charge >= 0.3 is 0 Å². The van der Waals surface area contributed by atoms with Crippen LogP contribution in [-0.2, 0) is 0 Å². The Hall–Kier alpha value is -3.52. The van der Waals surface area contributed by atoms with Crippen LogP contribution in [0.3, 0.4) is 0 Å². The van der Waals surface area contributed by atoms with Gasteiger partial charge in [-0.15, -0.1) is 0 Å². The summed E-state index contributed by atoms with van der Waals surface area (Å²) < 4.78 is 15.6. The van der Waals surface area contributed by atoms with Gasteiger partial charge in [0.05, 0.1) is 5.69 Å². The van der Waals surface area contributed by atoms with E-state index in [0.29, 0.717) is 16.4 Å². The van der Waals surface area contributed by atoms with Crippen LogP contribution in [0.1, 0.15) is 10.5 Å². The number of carbonyl (C=O) groups excluding carboxylic acids is 1. The van der Waals surface area contributed by atoms with Gasteiger partial charge < -0.3 is 5.32 Å². The number of hydrogen-bond donors (Lipinski definition) is 2. The molecule has 0 fully saturated rings. The molecule has 0 radical (unpaired) electrons. The van der Waals surface area contributed by atoms with Crippen molar-refractivity contribution in [2.24, 2.45) is 0 Å². The fourth-order valence-corrected chi connectivity index (χ4v) is 2.73. The number of aromatic nitrogens is 5. The van der Waals surface area contributed by atoms with E-state index < -0.39 is 11.7 Å². The summed E-state index contributed by atoms with van der Waals surface area (Å²) in [6.07, 6.45) is 2.70. The van der Waals surface area contributed by atoms with Gasteiger partial charge in [-0.25, -0.2) is 14.1 Å². The van der Waals surface area contributed by atoms with Crippen molar-refractivity contribution in [2.45, 2.75) is 0 Å². The highest BCUT2D eigenvalue weighted by Crippen LogP contribution is 2.22. The van der Waals surface area contributed by atoms with Crippen LogP contribution in [0.2, 0.25) is 5.02 Å². The smallest absolute Gasteiger partial charge is 0.273 e. The van der Waals surface area contributed by atoms with Crippen molar-refractivity contribution in [2.75, 3.05) is 5.32 Å². The van der Waals surface area contributed by atoms with Crippen LogP contribution in [0, 0.1) is 5.82 Å². The largest absolute Gasteiger partial charge is 0.321 e. The van der Waals surface area contributed by atoms with Gasteiger partial charge in [0.1, 0.15) is 24.0 Å². The summed E-state index contributed by atoms with van der Waals surface area (Å²) in [6, 6.07) is 13.0. The molecular formula is C18H12ClFN6O. The number of benzene rings is 2. The Labute approximate surface area is 157 Å². The topological polar surface area (TPSA) is 88.5 Å². The number of aromatic amines is 1. The van der Waals surface area contributed by atoms with E-state index in [2.05, 4.69) is 25.6 Å². The van der Waals surface area contributed by atoms with E-state index in [1.807, 2.05) is 6.07 Å². The maximum atomic E-state index is 14.3. The molecule has 2 heterocycles. The maximum absolute atomic E-state index is 14.3. The third-order valence-corrected chi connectivity index (χ3v) is 4.05. The van der Waals surface area contributed by atoms with Gasteiger partial charge in [0.25, 0.3) is 5.91 Å². The quantitative estimate of drug-likeness (QED) is 0.563. The molecule has 9 heteroatoms. The molecule has 2 aromatic carbocycles. The molecule has 2 N–H and O–H groups in total. The predicted octanol–water partition coefficient (Wildman–Crippen LogP) is 3.70. The Morgan fingerprint density at radius 1 is 1.19 bits per heavy atom. The molecule has 7 nitrogen and oxygen atoms in total. The lowest BCUT2D eigenvalue weighted by atomic mass is 10.1. The van der Waals surface area contributed by atoms with Crippen molar-refractivity contribution in [3.63, 3.8) is 0 Å². The summed E-state index contributed by atoms with van der Waals surface area (Å²) in [6.45, 7) is 0. The average Bonchev–Trinajstić information content (AvgIpc) is 3.34. The molecule has 0 saturated carbocycles. The first-order valence-corrected chi connectivity index (χ1v) is 8.25. The van der Waals surface area contributed by atoms with Gasteiger partial charge in [-0.3, -0.25) is 9.89 Å². The van der Waals surface area contributed by atoms with Gasteiger partial charge in [-0.05, 0) is 36.4 Å². The molecule has 1 amide bonds. The molecular weight excluding hydrogens is 371 g/mol. The second-order valence-corrected chi connectivity index (χ2v) is 6.07. The van der Waals surface area contributed by atoms with Crippen LogP contribution in [0.5, 0.6) is 0 Å². The maximum Gasteiger partial charge on any atom is 0.273 e. The second kappa shape index (κ2) is 7.00. The number of hydrogen-bond acceptors (Lipinski definition) is 4. The minimum Gasteiger partial charge on any atom is -0.321 e. The SMILES string of the molecule is O=C(Nc1ccc(-n2cncn2)c(F)c1)c1cc(-c2cccc(Cl)c2)n[nH]1. The number of anilines is 1. The van der Waals surface area contributed by atoms with E-state index in [-0.39, 0.29) is 11.4 Å². The number of amides is 1. The van der Waals surface area contributed by atoms with Gasteiger partial charge in [-0.1, -0.05) is 23.7 Å². The van der Waals surface area contributed by atoms with Crippen molar-refractivity contribution in [1.82, 2.24) is 25.0 Å². The summed E-state index contributed by atoms with van der Waals surface area (Å²) in [5, 5.41) is 13.9. The van der Waals surface area contributed by atoms with Crippen molar-refractivity contribution in [1.29, 1.82) is 0 Å². The molecule has 134 valence electrons. The number of nitrogens with one attached hydrogen (secondary N) is 2. The van der Waals surface area contributed by atoms with Crippen molar-refractivity contribution < 1.29 is 9.18 Å². The van der Waals surface area contributed by atoms with Crippen molar-refractivity contribution in [3.8, 4) is 16.9 Å². The summed E-state index contributed by atoms with van der Waals surface area (Å²) in [5.74, 6) is -0.980. The molecule has 0 aliphatic heterocycles. The lowest BCUT2D eigenvalue weighted by Crippen LogP contribution is -2.12. The molecule has 4 rings (SSSR count). The molecule has 0 bridgehead atoms. The molecule has 0 atom stereocenters. The third kappa shape index (κ3) is 3.56. The van der Waals surface area contributed by atoms with Gasteiger partial charge in [0.2, 0.25) is 0 Å². The first-order chi connectivity index (χ1) is 13.1. The Morgan fingerprint density at radius 2 is 2.07 bits per heavy atom. The van der Waals surface area contributed by atoms with Crippen LogP contribution in [0.4, 0.5) is 10.1 Å². The fraction of sp³-hybridized carbons (Fsp3) is 0. The highest BCUT2D eigenvalue weighted by atomic mass is 35.5. The predicted molar refractivity (Wildman–Crippen MR) is 98.3 cm³/mol. The Kier molecular flexibility index (Phi) is 4.39. The van der Waals surface area contributed by atoms with E-state index in [1.54, 1.807) is 30.3 Å². The van der Waals surface area contributed by atoms with Gasteiger partial charge in [0, 0.05) is 16.3 Å². The highest BCUT2D eigenvalue weighted by Gasteiger charge is 2.13. The molecule has 4 aromatic rings. The number of nitrogens with zero attached hydrogens (tertiary/aromatic N) is 4. The summed E-state index contributed by atoms with van der Waals surface area (Å²) in [4.78, 5) is 16.2. The van der Waals surface area contributed by atoms with E-state index in [0.717, 1.165) is 5.56 Å². The zero-order valence-electron chi connectivity index (χ0n) is 13.7. The van der Waals surface area contributed by atoms with E-state index >= 15 is 0 Å². The molecule has 2 aromatic heterocycles. The first-order valence-electron chi connectivity index (χ1n) is 7.87. The monoisotopic (exact) mass is 382 g/mol. The molecule has 0 spiro atoms. The molecule has 27 heavy (non-hydrogen) atoms. The lowest BCUT2D eigenvalue weighted by molar-refractivity contribution is 0.102. The summed E-state index contributed by atoms with van der Waals surface area (Å²) >= 11 is 5.97. The van der Waals surface area contributed by atoms with Gasteiger partial charge in [-0.2, -0.15) is 10.2 Å². The molecule has 0 aliphatic rings. The number of H-pyrrole nitrogens is 1. The van der Waals surface area contributed by atoms with Crippen LogP contribution in [-0.4, -0.2) is 30.9 Å². The average molecular weight is 383 g/mol. The van der Waals surface area contributed by atoms with Gasteiger partial charge in [0.15, 0.2) is 5.82 Å². The minimum absolute atomic E-state index is 0.232.